The summed E-state index contributed by atoms with van der Waals surface area (Å²) in [5.41, 5.74) is 2.11. The molecule has 0 saturated heterocycles. The van der Waals surface area contributed by atoms with E-state index < -0.39 is 0 Å². The van der Waals surface area contributed by atoms with Crippen LogP contribution in [0.2, 0.25) is 0 Å². The fraction of sp³-hybridized carbons (Fsp3) is 0.273. The summed E-state index contributed by atoms with van der Waals surface area (Å²) >= 11 is 1.68. The van der Waals surface area contributed by atoms with Gasteiger partial charge in [-0.05, 0) is 18.4 Å². The van der Waals surface area contributed by atoms with Gasteiger partial charge in [0, 0.05) is 12.2 Å². The number of nitrogens with one attached hydrogen (secondary N) is 1. The number of hydrogen-bond donors (Lipinski definition) is 1. The van der Waals surface area contributed by atoms with E-state index in [-0.39, 0.29) is 0 Å². The molecule has 1 aromatic rings. The second kappa shape index (κ2) is 5.52. The fourth-order valence-electron chi connectivity index (χ4n) is 1.18. The average molecular weight is 218 g/mol. The van der Waals surface area contributed by atoms with Gasteiger partial charge in [0.1, 0.15) is 0 Å². The summed E-state index contributed by atoms with van der Waals surface area (Å²) in [6, 6.07) is 2.03. The lowest BCUT2D eigenvalue weighted by Crippen LogP contribution is -2.17. The van der Waals surface area contributed by atoms with Crippen molar-refractivity contribution in [2.45, 2.75) is 6.92 Å². The molecule has 15 heavy (non-hydrogen) atoms. The first-order valence-electron chi connectivity index (χ1n) is 4.86. The molecule has 0 atom stereocenters. The van der Waals surface area contributed by atoms with Crippen LogP contribution in [0.4, 0.5) is 5.69 Å². The Morgan fingerprint density at radius 1 is 1.80 bits per heavy atom. The second-order valence-electron chi connectivity index (χ2n) is 3.18. The van der Waals surface area contributed by atoms with Crippen LogP contribution in [0, 0.1) is 12.3 Å². The van der Waals surface area contributed by atoms with Crippen LogP contribution < -0.4 is 5.32 Å². The van der Waals surface area contributed by atoms with Gasteiger partial charge < -0.3 is 10.1 Å². The second-order valence-corrected chi connectivity index (χ2v) is 4.10. The van der Waals surface area contributed by atoms with E-state index in [4.69, 9.17) is 6.42 Å². The van der Waals surface area contributed by atoms with Gasteiger partial charge in [-0.25, -0.2) is 0 Å². The third kappa shape index (κ3) is 2.80. The molecule has 0 unspecified atom stereocenters. The van der Waals surface area contributed by atoms with Crippen LogP contribution >= 0.6 is 11.3 Å². The Balaban J connectivity index is 2.81. The Morgan fingerprint density at radius 2 is 2.53 bits per heavy atom. The molecule has 78 valence electrons. The zero-order valence-corrected chi connectivity index (χ0v) is 10.0. The number of terminal acetylenes is 1. The Labute approximate surface area is 96.4 Å². The van der Waals surface area contributed by atoms with Gasteiger partial charge >= 0.3 is 0 Å². The van der Waals surface area contributed by atoms with Gasteiger partial charge in [-0.3, -0.25) is 0 Å². The predicted octanol–water partition coefficient (Wildman–Crippen LogP) is 1.63. The van der Waals surface area contributed by atoms with E-state index >= 15 is 0 Å². The average Bonchev–Trinajstić information content (AvgIpc) is 2.72. The van der Waals surface area contributed by atoms with Crippen molar-refractivity contribution >= 4 is 30.7 Å². The summed E-state index contributed by atoms with van der Waals surface area (Å²) < 4.78 is 0. The quantitative estimate of drug-likeness (QED) is 0.597. The zero-order valence-electron chi connectivity index (χ0n) is 9.21. The maximum atomic E-state index is 5.22. The molecule has 1 aromatic heterocycles. The molecule has 0 fully saturated rings. The van der Waals surface area contributed by atoms with Crippen LogP contribution in [-0.4, -0.2) is 25.9 Å². The SMILES string of the molecule is BN(CC)C(=C)c1sccc1NCC#C. The van der Waals surface area contributed by atoms with Crippen molar-refractivity contribution in [3.8, 4) is 12.3 Å². The number of nitrogens with zero attached hydrogens (tertiary/aromatic N) is 1. The minimum absolute atomic E-state index is 0.548. The van der Waals surface area contributed by atoms with Gasteiger partial charge in [-0.2, -0.15) is 0 Å². The van der Waals surface area contributed by atoms with Crippen LogP contribution in [0.5, 0.6) is 0 Å². The lowest BCUT2D eigenvalue weighted by molar-refractivity contribution is 0.668. The Kier molecular flexibility index (Phi) is 4.32. The summed E-state index contributed by atoms with van der Waals surface area (Å²) in [6.45, 7) is 7.68. The molecule has 0 spiro atoms. The molecule has 0 radical (unpaired) electrons. The Bertz CT molecular complexity index is 378. The van der Waals surface area contributed by atoms with Gasteiger partial charge in [0.2, 0.25) is 7.98 Å². The minimum atomic E-state index is 0.548. The maximum absolute atomic E-state index is 5.22. The standard InChI is InChI=1S/C11H15BN2S/c1-4-7-13-10-6-8-15-11(10)9(3)14(12)5-2/h1,6,8,13H,3,5,7,12H2,2H3. The highest BCUT2D eigenvalue weighted by atomic mass is 32.1. The van der Waals surface area contributed by atoms with Crippen molar-refractivity contribution in [1.29, 1.82) is 0 Å². The van der Waals surface area contributed by atoms with Crippen molar-refractivity contribution < 1.29 is 0 Å². The maximum Gasteiger partial charge on any atom is 0.217 e. The van der Waals surface area contributed by atoms with E-state index in [0.717, 1.165) is 22.8 Å². The summed E-state index contributed by atoms with van der Waals surface area (Å²) in [5, 5.41) is 5.23. The van der Waals surface area contributed by atoms with Crippen molar-refractivity contribution in [3.05, 3.63) is 22.9 Å². The Hall–Kier alpha value is -1.34. The highest BCUT2D eigenvalue weighted by molar-refractivity contribution is 7.11. The van der Waals surface area contributed by atoms with Gasteiger partial charge in [0.05, 0.1) is 17.1 Å². The first kappa shape index (κ1) is 11.7. The van der Waals surface area contributed by atoms with Crippen LogP contribution in [0.15, 0.2) is 18.0 Å². The first-order valence-corrected chi connectivity index (χ1v) is 5.73. The van der Waals surface area contributed by atoms with Crippen LogP contribution in [-0.2, 0) is 0 Å². The fourth-order valence-corrected chi connectivity index (χ4v) is 2.08. The topological polar surface area (TPSA) is 15.3 Å². The minimum Gasteiger partial charge on any atom is -0.421 e. The molecule has 0 aliphatic rings. The smallest absolute Gasteiger partial charge is 0.217 e. The van der Waals surface area contributed by atoms with Crippen LogP contribution in [0.1, 0.15) is 11.8 Å². The van der Waals surface area contributed by atoms with E-state index in [0.29, 0.717) is 6.54 Å². The molecular weight excluding hydrogens is 203 g/mol. The van der Waals surface area contributed by atoms with Gasteiger partial charge in [-0.1, -0.05) is 12.5 Å². The van der Waals surface area contributed by atoms with Crippen LogP contribution in [0.25, 0.3) is 5.70 Å². The van der Waals surface area contributed by atoms with E-state index in [1.54, 1.807) is 11.3 Å². The molecule has 1 N–H and O–H groups in total. The normalized spacial score (nSPS) is 9.33. The third-order valence-electron chi connectivity index (χ3n) is 2.24. The summed E-state index contributed by atoms with van der Waals surface area (Å²) in [4.78, 5) is 3.28. The van der Waals surface area contributed by atoms with Gasteiger partial charge in [0.25, 0.3) is 0 Å². The molecule has 1 rings (SSSR count). The number of thiophene rings is 1. The molecule has 0 aromatic carbocycles. The molecule has 1 heterocycles. The molecular formula is C11H15BN2S. The Morgan fingerprint density at radius 3 is 3.13 bits per heavy atom. The van der Waals surface area contributed by atoms with Crippen molar-refractivity contribution in [2.24, 2.45) is 0 Å². The number of hydrogen-bond acceptors (Lipinski definition) is 3. The van der Waals surface area contributed by atoms with E-state index in [9.17, 15) is 0 Å². The third-order valence-corrected chi connectivity index (χ3v) is 3.21. The summed E-state index contributed by atoms with van der Waals surface area (Å²) in [6.07, 6.45) is 5.22. The molecule has 0 saturated carbocycles. The molecule has 2 nitrogen and oxygen atoms in total. The molecule has 0 aliphatic heterocycles. The molecule has 0 amide bonds. The highest BCUT2D eigenvalue weighted by Crippen LogP contribution is 2.29. The highest BCUT2D eigenvalue weighted by Gasteiger charge is 2.09. The lowest BCUT2D eigenvalue weighted by Gasteiger charge is -2.20. The molecule has 0 aliphatic carbocycles. The van der Waals surface area contributed by atoms with E-state index in [2.05, 4.69) is 29.6 Å². The lowest BCUT2D eigenvalue weighted by atomic mass is 10.2. The number of anilines is 1. The van der Waals surface area contributed by atoms with Gasteiger partial charge in [-0.15, -0.1) is 17.8 Å². The zero-order chi connectivity index (χ0) is 11.3. The summed E-state index contributed by atoms with van der Waals surface area (Å²) in [7, 11) is 2.03. The predicted molar refractivity (Wildman–Crippen MR) is 71.6 cm³/mol. The largest absolute Gasteiger partial charge is 0.421 e. The number of rotatable bonds is 5. The van der Waals surface area contributed by atoms with Crippen molar-refractivity contribution in [2.75, 3.05) is 18.4 Å². The van der Waals surface area contributed by atoms with E-state index in [1.165, 1.54) is 0 Å². The van der Waals surface area contributed by atoms with Crippen LogP contribution in [0.3, 0.4) is 0 Å². The van der Waals surface area contributed by atoms with Crippen molar-refractivity contribution in [1.82, 2.24) is 4.81 Å². The summed E-state index contributed by atoms with van der Waals surface area (Å²) in [5.74, 6) is 2.57. The monoisotopic (exact) mass is 218 g/mol. The molecule has 4 heteroatoms. The van der Waals surface area contributed by atoms with Gasteiger partial charge in [0.15, 0.2) is 0 Å². The van der Waals surface area contributed by atoms with Crippen molar-refractivity contribution in [3.63, 3.8) is 0 Å². The molecule has 0 bridgehead atoms. The van der Waals surface area contributed by atoms with E-state index in [1.807, 2.05) is 19.4 Å². The first-order chi connectivity index (χ1) is 7.20.